The Balaban J connectivity index is 1.75. The summed E-state index contributed by atoms with van der Waals surface area (Å²) in [5.41, 5.74) is 3.44. The molecular formula is C22H30N4O2. The van der Waals surface area contributed by atoms with Crippen molar-refractivity contribution >= 4 is 11.9 Å². The summed E-state index contributed by atoms with van der Waals surface area (Å²) in [6, 6.07) is 17.8. The molecule has 2 rings (SSSR count). The molecule has 6 nitrogen and oxygen atoms in total. The molecule has 0 saturated heterocycles. The molecule has 0 aromatic heterocycles. The number of amides is 3. The van der Waals surface area contributed by atoms with E-state index in [0.29, 0.717) is 13.1 Å². The first kappa shape index (κ1) is 21.4. The molecule has 1 atom stereocenters. The molecule has 0 spiro atoms. The Hall–Kier alpha value is -2.86. The van der Waals surface area contributed by atoms with Crippen molar-refractivity contribution in [3.05, 3.63) is 71.3 Å². The second-order valence-electron chi connectivity index (χ2n) is 6.90. The average Bonchev–Trinajstić information content (AvgIpc) is 2.72. The Morgan fingerprint density at radius 2 is 1.57 bits per heavy atom. The van der Waals surface area contributed by atoms with Crippen LogP contribution in [0.3, 0.4) is 0 Å². The standard InChI is InChI=1S/C22H30N4O2/c1-4-17-10-12-19(13-11-17)20(26(2)3)15-23-21(27)16-25-22(28)24-14-18-8-6-5-7-9-18/h5-13,20H,4,14-16H2,1-3H3,(H,23,27)(H2,24,25,28). The van der Waals surface area contributed by atoms with Crippen LogP contribution in [0.5, 0.6) is 0 Å². The average molecular weight is 383 g/mol. The highest BCUT2D eigenvalue weighted by Gasteiger charge is 2.15. The number of nitrogens with zero attached hydrogens (tertiary/aromatic N) is 1. The second kappa shape index (κ2) is 11.1. The molecule has 2 aromatic rings. The SMILES string of the molecule is CCc1ccc(C(CNC(=O)CNC(=O)NCc2ccccc2)N(C)C)cc1. The number of rotatable bonds is 9. The van der Waals surface area contributed by atoms with E-state index in [4.69, 9.17) is 0 Å². The Morgan fingerprint density at radius 1 is 0.893 bits per heavy atom. The summed E-state index contributed by atoms with van der Waals surface area (Å²) in [5.74, 6) is -0.216. The molecule has 0 fully saturated rings. The largest absolute Gasteiger partial charge is 0.353 e. The Bertz CT molecular complexity index is 745. The van der Waals surface area contributed by atoms with Crippen LogP contribution in [-0.2, 0) is 17.8 Å². The third-order valence-corrected chi connectivity index (χ3v) is 4.59. The fraction of sp³-hybridized carbons (Fsp3) is 0.364. The highest BCUT2D eigenvalue weighted by atomic mass is 16.2. The molecule has 6 heteroatoms. The van der Waals surface area contributed by atoms with Gasteiger partial charge in [0, 0.05) is 13.1 Å². The number of nitrogens with one attached hydrogen (secondary N) is 3. The molecule has 0 aliphatic carbocycles. The summed E-state index contributed by atoms with van der Waals surface area (Å²) in [7, 11) is 3.97. The Labute approximate surface area is 167 Å². The van der Waals surface area contributed by atoms with E-state index in [0.717, 1.165) is 17.5 Å². The monoisotopic (exact) mass is 382 g/mol. The normalized spacial score (nSPS) is 11.7. The van der Waals surface area contributed by atoms with Crippen LogP contribution in [-0.4, -0.2) is 44.0 Å². The van der Waals surface area contributed by atoms with E-state index in [-0.39, 0.29) is 24.5 Å². The fourth-order valence-corrected chi connectivity index (χ4v) is 2.85. The van der Waals surface area contributed by atoms with E-state index in [1.807, 2.05) is 44.4 Å². The number of likely N-dealkylation sites (N-methyl/N-ethyl adjacent to an activating group) is 1. The zero-order valence-electron chi connectivity index (χ0n) is 16.9. The third kappa shape index (κ3) is 7.04. The van der Waals surface area contributed by atoms with Crippen LogP contribution in [0, 0.1) is 0 Å². The highest BCUT2D eigenvalue weighted by Crippen LogP contribution is 2.18. The minimum absolute atomic E-state index is 0.0600. The lowest BCUT2D eigenvalue weighted by Crippen LogP contribution is -2.43. The van der Waals surface area contributed by atoms with Crippen LogP contribution in [0.25, 0.3) is 0 Å². The van der Waals surface area contributed by atoms with Gasteiger partial charge in [0.1, 0.15) is 0 Å². The summed E-state index contributed by atoms with van der Waals surface area (Å²) in [4.78, 5) is 26.0. The maximum Gasteiger partial charge on any atom is 0.315 e. The van der Waals surface area contributed by atoms with Crippen LogP contribution in [0.2, 0.25) is 0 Å². The molecule has 2 aromatic carbocycles. The van der Waals surface area contributed by atoms with Gasteiger partial charge in [-0.25, -0.2) is 4.79 Å². The molecule has 0 heterocycles. The van der Waals surface area contributed by atoms with Gasteiger partial charge < -0.3 is 20.9 Å². The van der Waals surface area contributed by atoms with Crippen molar-refractivity contribution in [2.75, 3.05) is 27.2 Å². The number of carbonyl (C=O) groups excluding carboxylic acids is 2. The van der Waals surface area contributed by atoms with Gasteiger partial charge in [-0.15, -0.1) is 0 Å². The first-order chi connectivity index (χ1) is 13.5. The van der Waals surface area contributed by atoms with E-state index in [1.165, 1.54) is 5.56 Å². The molecule has 150 valence electrons. The summed E-state index contributed by atoms with van der Waals surface area (Å²) < 4.78 is 0. The van der Waals surface area contributed by atoms with Crippen LogP contribution in [0.15, 0.2) is 54.6 Å². The van der Waals surface area contributed by atoms with Gasteiger partial charge in [-0.3, -0.25) is 4.79 Å². The van der Waals surface area contributed by atoms with Crippen LogP contribution >= 0.6 is 0 Å². The van der Waals surface area contributed by atoms with Crippen LogP contribution in [0.1, 0.15) is 29.7 Å². The van der Waals surface area contributed by atoms with E-state index < -0.39 is 0 Å². The lowest BCUT2D eigenvalue weighted by atomic mass is 10.0. The zero-order valence-corrected chi connectivity index (χ0v) is 16.9. The summed E-state index contributed by atoms with van der Waals surface area (Å²) in [6.07, 6.45) is 1.00. The van der Waals surface area contributed by atoms with Gasteiger partial charge in [0.2, 0.25) is 5.91 Å². The van der Waals surface area contributed by atoms with Crippen molar-refractivity contribution in [3.8, 4) is 0 Å². The van der Waals surface area contributed by atoms with E-state index in [2.05, 4.69) is 52.0 Å². The third-order valence-electron chi connectivity index (χ3n) is 4.59. The van der Waals surface area contributed by atoms with Crippen molar-refractivity contribution in [2.45, 2.75) is 25.9 Å². The number of benzene rings is 2. The summed E-state index contributed by atoms with van der Waals surface area (Å²) >= 11 is 0. The summed E-state index contributed by atoms with van der Waals surface area (Å²) in [6.45, 7) is 2.96. The fourth-order valence-electron chi connectivity index (χ4n) is 2.85. The quantitative estimate of drug-likeness (QED) is 0.624. The molecule has 0 saturated carbocycles. The van der Waals surface area contributed by atoms with Crippen molar-refractivity contribution in [1.82, 2.24) is 20.9 Å². The minimum Gasteiger partial charge on any atom is -0.353 e. The lowest BCUT2D eigenvalue weighted by Gasteiger charge is -2.25. The smallest absolute Gasteiger partial charge is 0.315 e. The topological polar surface area (TPSA) is 73.5 Å². The first-order valence-electron chi connectivity index (χ1n) is 9.57. The number of hydrogen-bond acceptors (Lipinski definition) is 3. The van der Waals surface area contributed by atoms with Gasteiger partial charge >= 0.3 is 6.03 Å². The van der Waals surface area contributed by atoms with Gasteiger partial charge in [-0.2, -0.15) is 0 Å². The number of urea groups is 1. The van der Waals surface area contributed by atoms with Gasteiger partial charge in [-0.1, -0.05) is 61.5 Å². The van der Waals surface area contributed by atoms with E-state index in [1.54, 1.807) is 0 Å². The molecule has 3 N–H and O–H groups in total. The zero-order chi connectivity index (χ0) is 20.4. The minimum atomic E-state index is -0.363. The van der Waals surface area contributed by atoms with Gasteiger partial charge in [0.25, 0.3) is 0 Å². The van der Waals surface area contributed by atoms with E-state index in [9.17, 15) is 9.59 Å². The van der Waals surface area contributed by atoms with Gasteiger partial charge in [0.15, 0.2) is 0 Å². The highest BCUT2D eigenvalue weighted by molar-refractivity contribution is 5.83. The first-order valence-corrected chi connectivity index (χ1v) is 9.57. The number of carbonyl (C=O) groups is 2. The van der Waals surface area contributed by atoms with Crippen molar-refractivity contribution < 1.29 is 9.59 Å². The predicted octanol–water partition coefficient (Wildman–Crippen LogP) is 2.47. The van der Waals surface area contributed by atoms with Crippen molar-refractivity contribution in [2.24, 2.45) is 0 Å². The molecule has 3 amide bonds. The van der Waals surface area contributed by atoms with Crippen LogP contribution in [0.4, 0.5) is 4.79 Å². The van der Waals surface area contributed by atoms with Crippen molar-refractivity contribution in [1.29, 1.82) is 0 Å². The molecule has 1 unspecified atom stereocenters. The maximum atomic E-state index is 12.1. The predicted molar refractivity (Wildman–Crippen MR) is 112 cm³/mol. The van der Waals surface area contributed by atoms with E-state index >= 15 is 0 Å². The maximum absolute atomic E-state index is 12.1. The molecule has 0 bridgehead atoms. The van der Waals surface area contributed by atoms with Gasteiger partial charge in [-0.05, 0) is 37.2 Å². The number of hydrogen-bond donors (Lipinski definition) is 3. The van der Waals surface area contributed by atoms with Gasteiger partial charge in [0.05, 0.1) is 12.6 Å². The molecule has 0 aliphatic rings. The summed E-state index contributed by atoms with van der Waals surface area (Å²) in [5, 5.41) is 8.22. The molecule has 28 heavy (non-hydrogen) atoms. The van der Waals surface area contributed by atoms with Crippen molar-refractivity contribution in [3.63, 3.8) is 0 Å². The van der Waals surface area contributed by atoms with Crippen LogP contribution < -0.4 is 16.0 Å². The molecule has 0 radical (unpaired) electrons. The number of aryl methyl sites for hydroxylation is 1. The molecular weight excluding hydrogens is 352 g/mol. The Kier molecular flexibility index (Phi) is 8.49. The lowest BCUT2D eigenvalue weighted by molar-refractivity contribution is -0.120. The molecule has 0 aliphatic heterocycles. The second-order valence-corrected chi connectivity index (χ2v) is 6.90. The Morgan fingerprint density at radius 3 is 2.18 bits per heavy atom.